The van der Waals surface area contributed by atoms with Gasteiger partial charge in [0.05, 0.1) is 17.6 Å². The van der Waals surface area contributed by atoms with Crippen molar-refractivity contribution >= 4 is 22.8 Å². The van der Waals surface area contributed by atoms with Gasteiger partial charge < -0.3 is 4.52 Å². The molecular formula is C21H16N6O2S. The number of hydrogen-bond donors (Lipinski definition) is 1. The highest BCUT2D eigenvalue weighted by Crippen LogP contribution is 2.25. The summed E-state index contributed by atoms with van der Waals surface area (Å²) in [5.41, 5.74) is 3.01. The van der Waals surface area contributed by atoms with Crippen molar-refractivity contribution in [3.8, 4) is 17.1 Å². The van der Waals surface area contributed by atoms with Crippen molar-refractivity contribution in [2.75, 3.05) is 0 Å². The molecule has 0 radical (unpaired) electrons. The molecule has 0 aliphatic heterocycles. The summed E-state index contributed by atoms with van der Waals surface area (Å²) >= 11 is 1.35. The Kier molecular flexibility index (Phi) is 4.64. The van der Waals surface area contributed by atoms with E-state index < -0.39 is 0 Å². The standard InChI is InChI=1S/C21H16N6O2S/c1-13-6-5-7-14(10-13)18-23-17(29-26-18)12-30-21-24-19-16(11-22-25-19)20(28)27(21)15-8-3-2-4-9-15/h2-11H,12H2,1H3,(H,22,25). The number of H-pyrrole nitrogens is 1. The number of benzene rings is 2. The van der Waals surface area contributed by atoms with Gasteiger partial charge in [-0.05, 0) is 25.1 Å². The van der Waals surface area contributed by atoms with Crippen molar-refractivity contribution in [3.05, 3.63) is 82.6 Å². The Hall–Kier alpha value is -3.72. The highest BCUT2D eigenvalue weighted by Gasteiger charge is 2.16. The first-order chi connectivity index (χ1) is 14.7. The van der Waals surface area contributed by atoms with Crippen LogP contribution >= 0.6 is 11.8 Å². The molecule has 3 heterocycles. The molecule has 2 aromatic carbocycles. The quantitative estimate of drug-likeness (QED) is 0.344. The lowest BCUT2D eigenvalue weighted by Crippen LogP contribution is -2.21. The second kappa shape index (κ2) is 7.60. The van der Waals surface area contributed by atoms with E-state index in [2.05, 4.69) is 25.3 Å². The number of nitrogens with zero attached hydrogens (tertiary/aromatic N) is 5. The van der Waals surface area contributed by atoms with Gasteiger partial charge in [-0.3, -0.25) is 14.5 Å². The van der Waals surface area contributed by atoms with Gasteiger partial charge in [0.25, 0.3) is 5.56 Å². The van der Waals surface area contributed by atoms with Crippen LogP contribution in [0.2, 0.25) is 0 Å². The summed E-state index contributed by atoms with van der Waals surface area (Å²) in [6.45, 7) is 2.01. The van der Waals surface area contributed by atoms with Gasteiger partial charge in [-0.2, -0.15) is 10.1 Å². The molecule has 5 rings (SSSR count). The topological polar surface area (TPSA) is 102 Å². The van der Waals surface area contributed by atoms with E-state index >= 15 is 0 Å². The van der Waals surface area contributed by atoms with Crippen molar-refractivity contribution in [2.24, 2.45) is 0 Å². The Labute approximate surface area is 175 Å². The summed E-state index contributed by atoms with van der Waals surface area (Å²) in [4.78, 5) is 22.1. The molecular weight excluding hydrogens is 400 g/mol. The minimum absolute atomic E-state index is 0.187. The van der Waals surface area contributed by atoms with Crippen LogP contribution < -0.4 is 5.56 Å². The number of thioether (sulfide) groups is 1. The number of aryl methyl sites for hydroxylation is 1. The summed E-state index contributed by atoms with van der Waals surface area (Å²) in [7, 11) is 0. The Morgan fingerprint density at radius 2 is 1.97 bits per heavy atom. The van der Waals surface area contributed by atoms with Gasteiger partial charge in [0.2, 0.25) is 11.7 Å². The first kappa shape index (κ1) is 18.3. The fourth-order valence-electron chi connectivity index (χ4n) is 3.12. The molecule has 8 nitrogen and oxygen atoms in total. The summed E-state index contributed by atoms with van der Waals surface area (Å²) < 4.78 is 6.98. The third-order valence-corrected chi connectivity index (χ3v) is 5.46. The number of para-hydroxylation sites is 1. The van der Waals surface area contributed by atoms with E-state index in [1.807, 2.05) is 61.5 Å². The summed E-state index contributed by atoms with van der Waals surface area (Å²) in [6.07, 6.45) is 1.49. The van der Waals surface area contributed by atoms with Crippen molar-refractivity contribution in [2.45, 2.75) is 17.8 Å². The molecule has 3 aromatic heterocycles. The van der Waals surface area contributed by atoms with Gasteiger partial charge in [-0.15, -0.1) is 0 Å². The predicted molar refractivity (Wildman–Crippen MR) is 114 cm³/mol. The molecule has 0 spiro atoms. The SMILES string of the molecule is Cc1cccc(-c2noc(CSc3nc4[nH]ncc4c(=O)n3-c3ccccc3)n2)c1. The third-order valence-electron chi connectivity index (χ3n) is 4.53. The molecule has 0 aliphatic carbocycles. The van der Waals surface area contributed by atoms with Crippen LogP contribution in [-0.2, 0) is 5.75 Å². The smallest absolute Gasteiger partial charge is 0.269 e. The van der Waals surface area contributed by atoms with Gasteiger partial charge >= 0.3 is 0 Å². The largest absolute Gasteiger partial charge is 0.338 e. The Morgan fingerprint density at radius 3 is 2.80 bits per heavy atom. The van der Waals surface area contributed by atoms with Crippen LogP contribution in [0.25, 0.3) is 28.1 Å². The zero-order valence-electron chi connectivity index (χ0n) is 15.9. The zero-order chi connectivity index (χ0) is 20.5. The maximum atomic E-state index is 13.0. The van der Waals surface area contributed by atoms with Crippen molar-refractivity contribution < 1.29 is 4.52 Å². The highest BCUT2D eigenvalue weighted by molar-refractivity contribution is 7.98. The molecule has 1 N–H and O–H groups in total. The third kappa shape index (κ3) is 3.39. The van der Waals surface area contributed by atoms with Crippen LogP contribution in [0, 0.1) is 6.92 Å². The predicted octanol–water partition coefficient (Wildman–Crippen LogP) is 3.76. The van der Waals surface area contributed by atoms with Gasteiger partial charge in [0, 0.05) is 5.56 Å². The number of nitrogens with one attached hydrogen (secondary N) is 1. The first-order valence-electron chi connectivity index (χ1n) is 9.23. The van der Waals surface area contributed by atoms with Crippen LogP contribution in [0.5, 0.6) is 0 Å². The van der Waals surface area contributed by atoms with Crippen LogP contribution in [0.15, 0.2) is 75.3 Å². The number of aromatic nitrogens is 6. The molecule has 148 valence electrons. The number of aromatic amines is 1. The second-order valence-electron chi connectivity index (χ2n) is 6.67. The molecule has 0 unspecified atom stereocenters. The maximum absolute atomic E-state index is 13.0. The van der Waals surface area contributed by atoms with Crippen LogP contribution in [0.3, 0.4) is 0 Å². The monoisotopic (exact) mass is 416 g/mol. The van der Waals surface area contributed by atoms with E-state index in [0.29, 0.717) is 33.7 Å². The van der Waals surface area contributed by atoms with Crippen LogP contribution in [0.4, 0.5) is 0 Å². The van der Waals surface area contributed by atoms with E-state index in [-0.39, 0.29) is 5.56 Å². The molecule has 0 saturated carbocycles. The molecule has 0 saturated heterocycles. The Morgan fingerprint density at radius 1 is 1.10 bits per heavy atom. The molecule has 0 fully saturated rings. The Balaban J connectivity index is 1.48. The molecule has 0 amide bonds. The fourth-order valence-corrected chi connectivity index (χ4v) is 3.96. The normalized spacial score (nSPS) is 11.2. The van der Waals surface area contributed by atoms with E-state index in [4.69, 9.17) is 4.52 Å². The van der Waals surface area contributed by atoms with Crippen molar-refractivity contribution in [1.29, 1.82) is 0 Å². The average Bonchev–Trinajstić information content (AvgIpc) is 3.43. The number of rotatable bonds is 5. The van der Waals surface area contributed by atoms with E-state index in [1.54, 1.807) is 4.57 Å². The molecule has 30 heavy (non-hydrogen) atoms. The van der Waals surface area contributed by atoms with Crippen LogP contribution in [-0.4, -0.2) is 29.9 Å². The minimum Gasteiger partial charge on any atom is -0.338 e. The van der Waals surface area contributed by atoms with Crippen molar-refractivity contribution in [3.63, 3.8) is 0 Å². The summed E-state index contributed by atoms with van der Waals surface area (Å²) in [5, 5.41) is 11.7. The molecule has 0 atom stereocenters. The minimum atomic E-state index is -0.187. The summed E-state index contributed by atoms with van der Waals surface area (Å²) in [6, 6.07) is 17.3. The van der Waals surface area contributed by atoms with Crippen molar-refractivity contribution in [1.82, 2.24) is 29.9 Å². The first-order valence-corrected chi connectivity index (χ1v) is 10.2. The van der Waals surface area contributed by atoms with E-state index in [0.717, 1.165) is 16.8 Å². The van der Waals surface area contributed by atoms with Gasteiger partial charge in [0.1, 0.15) is 5.39 Å². The molecule has 9 heteroatoms. The number of hydrogen-bond acceptors (Lipinski definition) is 7. The number of fused-ring (bicyclic) bond motifs is 1. The van der Waals surface area contributed by atoms with E-state index in [9.17, 15) is 4.79 Å². The lowest BCUT2D eigenvalue weighted by molar-refractivity contribution is 0.391. The Bertz CT molecular complexity index is 1390. The van der Waals surface area contributed by atoms with E-state index in [1.165, 1.54) is 18.0 Å². The maximum Gasteiger partial charge on any atom is 0.269 e. The lowest BCUT2D eigenvalue weighted by atomic mass is 10.1. The van der Waals surface area contributed by atoms with Crippen LogP contribution in [0.1, 0.15) is 11.5 Å². The average molecular weight is 416 g/mol. The lowest BCUT2D eigenvalue weighted by Gasteiger charge is -2.10. The fraction of sp³-hybridized carbons (Fsp3) is 0.0952. The van der Waals surface area contributed by atoms with Gasteiger partial charge in [-0.1, -0.05) is 58.9 Å². The highest BCUT2D eigenvalue weighted by atomic mass is 32.2. The molecule has 0 aliphatic rings. The molecule has 0 bridgehead atoms. The zero-order valence-corrected chi connectivity index (χ0v) is 16.8. The van der Waals surface area contributed by atoms with Gasteiger partial charge in [0.15, 0.2) is 10.8 Å². The summed E-state index contributed by atoms with van der Waals surface area (Å²) in [5.74, 6) is 1.36. The van der Waals surface area contributed by atoms with Gasteiger partial charge in [-0.25, -0.2) is 4.98 Å². The molecule has 5 aromatic rings. The second-order valence-corrected chi connectivity index (χ2v) is 7.62.